The highest BCUT2D eigenvalue weighted by Gasteiger charge is 2.19. The van der Waals surface area contributed by atoms with E-state index in [4.69, 9.17) is 18.6 Å². The Kier molecular flexibility index (Phi) is 8.09. The second kappa shape index (κ2) is 11.0. The SMILES string of the molecule is CCOC(=O)C(C)c1ccc(OCCc2nc(-c3ccc(F)cc3OCC)oc2C)cc1C. The van der Waals surface area contributed by atoms with Gasteiger partial charge in [0.15, 0.2) is 0 Å². The Hall–Kier alpha value is -3.35. The van der Waals surface area contributed by atoms with Crippen molar-refractivity contribution in [2.24, 2.45) is 0 Å². The highest BCUT2D eigenvalue weighted by Crippen LogP contribution is 2.32. The molecule has 6 nitrogen and oxygen atoms in total. The molecule has 3 rings (SSSR count). The highest BCUT2D eigenvalue weighted by molar-refractivity contribution is 5.78. The van der Waals surface area contributed by atoms with Crippen LogP contribution < -0.4 is 9.47 Å². The number of nitrogens with zero attached hydrogens (tertiary/aromatic N) is 1. The minimum atomic E-state index is -0.378. The lowest BCUT2D eigenvalue weighted by molar-refractivity contribution is -0.144. The molecule has 0 amide bonds. The number of benzene rings is 2. The number of aromatic nitrogens is 1. The van der Waals surface area contributed by atoms with Crippen LogP contribution in [0.5, 0.6) is 11.5 Å². The van der Waals surface area contributed by atoms with Gasteiger partial charge in [0.25, 0.3) is 0 Å². The van der Waals surface area contributed by atoms with Crippen molar-refractivity contribution in [1.29, 1.82) is 0 Å². The van der Waals surface area contributed by atoms with Crippen molar-refractivity contribution in [2.45, 2.75) is 47.0 Å². The van der Waals surface area contributed by atoms with Gasteiger partial charge in [-0.2, -0.15) is 0 Å². The third-order valence-electron chi connectivity index (χ3n) is 5.32. The van der Waals surface area contributed by atoms with Crippen molar-refractivity contribution in [1.82, 2.24) is 4.98 Å². The molecule has 0 aliphatic rings. The van der Waals surface area contributed by atoms with E-state index in [0.717, 1.165) is 16.8 Å². The van der Waals surface area contributed by atoms with Crippen LogP contribution in [0.15, 0.2) is 40.8 Å². The van der Waals surface area contributed by atoms with Gasteiger partial charge in [-0.15, -0.1) is 0 Å². The summed E-state index contributed by atoms with van der Waals surface area (Å²) < 4.78 is 36.0. The summed E-state index contributed by atoms with van der Waals surface area (Å²) in [4.78, 5) is 16.6. The lowest BCUT2D eigenvalue weighted by Gasteiger charge is -2.15. The number of hydrogen-bond donors (Lipinski definition) is 0. The van der Waals surface area contributed by atoms with Gasteiger partial charge in [-0.25, -0.2) is 9.37 Å². The van der Waals surface area contributed by atoms with E-state index in [9.17, 15) is 9.18 Å². The Balaban J connectivity index is 1.66. The summed E-state index contributed by atoms with van der Waals surface area (Å²) in [6.07, 6.45) is 0.542. The van der Waals surface area contributed by atoms with Gasteiger partial charge in [-0.1, -0.05) is 6.07 Å². The van der Waals surface area contributed by atoms with E-state index in [2.05, 4.69) is 4.98 Å². The van der Waals surface area contributed by atoms with Crippen LogP contribution in [-0.4, -0.2) is 30.8 Å². The molecule has 0 radical (unpaired) electrons. The lowest BCUT2D eigenvalue weighted by Crippen LogP contribution is -2.14. The first kappa shape index (κ1) is 24.3. The number of carbonyl (C=O) groups is 1. The summed E-state index contributed by atoms with van der Waals surface area (Å²) >= 11 is 0. The Labute approximate surface area is 193 Å². The van der Waals surface area contributed by atoms with Gasteiger partial charge in [0.2, 0.25) is 5.89 Å². The minimum Gasteiger partial charge on any atom is -0.493 e. The van der Waals surface area contributed by atoms with Crippen LogP contribution in [0.4, 0.5) is 4.39 Å². The Morgan fingerprint density at radius 1 is 1.09 bits per heavy atom. The van der Waals surface area contributed by atoms with Crippen molar-refractivity contribution < 1.29 is 27.8 Å². The molecule has 1 aromatic heterocycles. The van der Waals surface area contributed by atoms with Gasteiger partial charge in [0.1, 0.15) is 23.1 Å². The molecule has 3 aromatic rings. The van der Waals surface area contributed by atoms with Gasteiger partial charge < -0.3 is 18.6 Å². The van der Waals surface area contributed by atoms with E-state index in [0.29, 0.717) is 55.0 Å². The molecule has 7 heteroatoms. The van der Waals surface area contributed by atoms with Crippen LogP contribution >= 0.6 is 0 Å². The van der Waals surface area contributed by atoms with E-state index in [1.54, 1.807) is 13.0 Å². The third-order valence-corrected chi connectivity index (χ3v) is 5.32. The molecule has 1 unspecified atom stereocenters. The molecule has 1 heterocycles. The summed E-state index contributed by atoms with van der Waals surface area (Å²) in [5, 5.41) is 0. The molecule has 0 spiro atoms. The van der Waals surface area contributed by atoms with E-state index in [1.807, 2.05) is 45.9 Å². The molecule has 176 valence electrons. The fourth-order valence-electron chi connectivity index (χ4n) is 3.61. The molecule has 0 aliphatic heterocycles. The summed E-state index contributed by atoms with van der Waals surface area (Å²) in [7, 11) is 0. The summed E-state index contributed by atoms with van der Waals surface area (Å²) in [5.41, 5.74) is 3.26. The van der Waals surface area contributed by atoms with Crippen molar-refractivity contribution in [3.05, 3.63) is 64.8 Å². The number of carbonyl (C=O) groups excluding carboxylic acids is 1. The second-order valence-corrected chi connectivity index (χ2v) is 7.69. The molecule has 0 N–H and O–H groups in total. The fourth-order valence-corrected chi connectivity index (χ4v) is 3.61. The van der Waals surface area contributed by atoms with Crippen LogP contribution in [-0.2, 0) is 16.0 Å². The van der Waals surface area contributed by atoms with Gasteiger partial charge in [-0.05, 0) is 70.0 Å². The maximum Gasteiger partial charge on any atom is 0.313 e. The van der Waals surface area contributed by atoms with Crippen LogP contribution in [0.3, 0.4) is 0 Å². The normalized spacial score (nSPS) is 11.8. The predicted octanol–water partition coefficient (Wildman–Crippen LogP) is 5.78. The standard InChI is InChI=1S/C26H30FNO5/c1-6-30-24-15-19(27)8-10-22(24)25-28-23(18(5)33-25)12-13-32-20-9-11-21(16(3)14-20)17(4)26(29)31-7-2/h8-11,14-15,17H,6-7,12-13H2,1-5H3. The molecule has 0 saturated carbocycles. The first-order valence-electron chi connectivity index (χ1n) is 11.1. The summed E-state index contributed by atoms with van der Waals surface area (Å²) in [6, 6.07) is 9.96. The molecular formula is C26H30FNO5. The summed E-state index contributed by atoms with van der Waals surface area (Å²) in [6.45, 7) is 10.4. The van der Waals surface area contributed by atoms with Crippen LogP contribution in [0.1, 0.15) is 49.3 Å². The number of rotatable bonds is 10. The van der Waals surface area contributed by atoms with Gasteiger partial charge in [0, 0.05) is 12.5 Å². The molecule has 0 saturated heterocycles. The lowest BCUT2D eigenvalue weighted by atomic mass is 9.96. The first-order valence-corrected chi connectivity index (χ1v) is 11.1. The average molecular weight is 456 g/mol. The maximum absolute atomic E-state index is 13.6. The Morgan fingerprint density at radius 2 is 1.88 bits per heavy atom. The Morgan fingerprint density at radius 3 is 2.58 bits per heavy atom. The zero-order valence-electron chi connectivity index (χ0n) is 19.7. The number of oxazole rings is 1. The average Bonchev–Trinajstić information content (AvgIpc) is 3.14. The minimum absolute atomic E-state index is 0.236. The van der Waals surface area contributed by atoms with E-state index in [1.165, 1.54) is 12.1 Å². The quantitative estimate of drug-likeness (QED) is 0.361. The van der Waals surface area contributed by atoms with E-state index < -0.39 is 0 Å². The van der Waals surface area contributed by atoms with Crippen molar-refractivity contribution in [3.8, 4) is 23.0 Å². The molecule has 0 aliphatic carbocycles. The van der Waals surface area contributed by atoms with Crippen LogP contribution in [0.2, 0.25) is 0 Å². The van der Waals surface area contributed by atoms with Crippen LogP contribution in [0.25, 0.3) is 11.5 Å². The molecule has 33 heavy (non-hydrogen) atoms. The third kappa shape index (κ3) is 5.92. The summed E-state index contributed by atoms with van der Waals surface area (Å²) in [5.74, 6) is 1.23. The smallest absolute Gasteiger partial charge is 0.313 e. The fraction of sp³-hybridized carbons (Fsp3) is 0.385. The van der Waals surface area contributed by atoms with E-state index in [-0.39, 0.29) is 17.7 Å². The molecular weight excluding hydrogens is 425 g/mol. The largest absolute Gasteiger partial charge is 0.493 e. The first-order chi connectivity index (χ1) is 15.8. The van der Waals surface area contributed by atoms with Gasteiger partial charge >= 0.3 is 5.97 Å². The van der Waals surface area contributed by atoms with Crippen molar-refractivity contribution >= 4 is 5.97 Å². The van der Waals surface area contributed by atoms with Crippen molar-refractivity contribution in [2.75, 3.05) is 19.8 Å². The van der Waals surface area contributed by atoms with Crippen molar-refractivity contribution in [3.63, 3.8) is 0 Å². The monoisotopic (exact) mass is 455 g/mol. The molecule has 1 atom stereocenters. The number of aryl methyl sites for hydroxylation is 2. The number of hydrogen-bond acceptors (Lipinski definition) is 6. The second-order valence-electron chi connectivity index (χ2n) is 7.69. The molecule has 2 aromatic carbocycles. The topological polar surface area (TPSA) is 70.8 Å². The number of esters is 1. The zero-order chi connectivity index (χ0) is 24.0. The van der Waals surface area contributed by atoms with Gasteiger partial charge in [-0.3, -0.25) is 4.79 Å². The predicted molar refractivity (Wildman–Crippen MR) is 123 cm³/mol. The van der Waals surface area contributed by atoms with Gasteiger partial charge in [0.05, 0.1) is 37.0 Å². The molecule has 0 fully saturated rings. The highest BCUT2D eigenvalue weighted by atomic mass is 19.1. The Bertz CT molecular complexity index is 1110. The maximum atomic E-state index is 13.6. The number of halogens is 1. The van der Waals surface area contributed by atoms with E-state index >= 15 is 0 Å². The zero-order valence-corrected chi connectivity index (χ0v) is 19.7. The molecule has 0 bridgehead atoms. The van der Waals surface area contributed by atoms with Crippen LogP contribution in [0, 0.1) is 19.7 Å². The number of ether oxygens (including phenoxy) is 3.